The second-order valence-electron chi connectivity index (χ2n) is 7.41. The molecule has 2 amide bonds. The van der Waals surface area contributed by atoms with E-state index in [2.05, 4.69) is 15.6 Å². The van der Waals surface area contributed by atoms with Crippen LogP contribution < -0.4 is 10.6 Å². The summed E-state index contributed by atoms with van der Waals surface area (Å²) in [5, 5.41) is 15.5. The minimum absolute atomic E-state index is 0.0658. The molecule has 3 rings (SSSR count). The van der Waals surface area contributed by atoms with Crippen molar-refractivity contribution in [1.82, 2.24) is 20.5 Å². The Balaban J connectivity index is 1.61. The first-order chi connectivity index (χ1) is 14.3. The lowest BCUT2D eigenvalue weighted by Crippen LogP contribution is -2.54. The molecule has 30 heavy (non-hydrogen) atoms. The third-order valence-electron chi connectivity index (χ3n) is 5.44. The molecule has 162 valence electrons. The normalized spacial score (nSPS) is 17.9. The molecule has 1 aliphatic rings. The zero-order chi connectivity index (χ0) is 21.6. The number of urea groups is 1. The Bertz CT molecular complexity index is 810. The molecule has 1 atom stereocenters. The summed E-state index contributed by atoms with van der Waals surface area (Å²) in [6, 6.07) is 12.3. The van der Waals surface area contributed by atoms with Crippen LogP contribution in [0, 0.1) is 0 Å². The highest BCUT2D eigenvalue weighted by molar-refractivity contribution is 5.73. The van der Waals surface area contributed by atoms with Gasteiger partial charge in [-0.05, 0) is 36.1 Å². The molecule has 1 aromatic heterocycles. The van der Waals surface area contributed by atoms with E-state index in [1.165, 1.54) is 0 Å². The molecular weight excluding hydrogens is 397 g/mol. The van der Waals surface area contributed by atoms with Gasteiger partial charge in [-0.25, -0.2) is 4.79 Å². The number of likely N-dealkylation sites (tertiary alicyclic amines) is 1. The van der Waals surface area contributed by atoms with E-state index in [9.17, 15) is 23.1 Å². The summed E-state index contributed by atoms with van der Waals surface area (Å²) >= 11 is 0. The van der Waals surface area contributed by atoms with Crippen LogP contribution in [0.4, 0.5) is 18.0 Å². The third kappa shape index (κ3) is 5.48. The lowest BCUT2D eigenvalue weighted by Gasteiger charge is -2.42. The number of carbonyl (C=O) groups is 1. The van der Waals surface area contributed by atoms with Crippen molar-refractivity contribution < 1.29 is 23.1 Å². The fourth-order valence-corrected chi connectivity index (χ4v) is 3.56. The van der Waals surface area contributed by atoms with Gasteiger partial charge in [-0.2, -0.15) is 13.2 Å². The smallest absolute Gasteiger partial charge is 0.380 e. The number of rotatable bonds is 6. The first-order valence-corrected chi connectivity index (χ1v) is 9.77. The minimum Gasteiger partial charge on any atom is -0.380 e. The number of benzene rings is 1. The summed E-state index contributed by atoms with van der Waals surface area (Å²) in [4.78, 5) is 18.1. The molecule has 0 spiro atoms. The zero-order valence-electron chi connectivity index (χ0n) is 16.4. The molecular formula is C21H25F3N4O2. The number of alkyl halides is 3. The Morgan fingerprint density at radius 2 is 1.73 bits per heavy atom. The first-order valence-electron chi connectivity index (χ1n) is 9.77. The number of nitrogens with zero attached hydrogens (tertiary/aromatic N) is 2. The van der Waals surface area contributed by atoms with Gasteiger partial charge in [0.05, 0.1) is 6.04 Å². The Labute approximate surface area is 173 Å². The van der Waals surface area contributed by atoms with Gasteiger partial charge in [0, 0.05) is 38.6 Å². The number of hydrogen-bond acceptors (Lipinski definition) is 4. The van der Waals surface area contributed by atoms with E-state index in [1.54, 1.807) is 24.5 Å². The van der Waals surface area contributed by atoms with Crippen LogP contribution in [0.15, 0.2) is 54.9 Å². The van der Waals surface area contributed by atoms with Gasteiger partial charge in [-0.15, -0.1) is 0 Å². The molecule has 1 fully saturated rings. The summed E-state index contributed by atoms with van der Waals surface area (Å²) < 4.78 is 39.3. The highest BCUT2D eigenvalue weighted by atomic mass is 19.4. The van der Waals surface area contributed by atoms with Gasteiger partial charge >= 0.3 is 12.2 Å². The number of hydrogen-bond donors (Lipinski definition) is 3. The molecule has 0 radical (unpaired) electrons. The van der Waals surface area contributed by atoms with Crippen molar-refractivity contribution in [2.45, 2.75) is 37.2 Å². The number of pyridine rings is 1. The van der Waals surface area contributed by atoms with E-state index in [1.807, 2.05) is 35.2 Å². The maximum atomic E-state index is 13.1. The van der Waals surface area contributed by atoms with Crippen LogP contribution >= 0.6 is 0 Å². The average Bonchev–Trinajstić information content (AvgIpc) is 2.74. The van der Waals surface area contributed by atoms with Crippen molar-refractivity contribution in [3.8, 4) is 0 Å². The second kappa shape index (κ2) is 9.44. The van der Waals surface area contributed by atoms with Gasteiger partial charge < -0.3 is 15.7 Å². The quantitative estimate of drug-likeness (QED) is 0.669. The minimum atomic E-state index is -4.65. The molecule has 1 aliphatic heterocycles. The SMILES string of the molecule is O=C(NCc1ccccc1)NCC(c1ccncc1)N1CCC(O)(C(F)(F)F)CC1. The van der Waals surface area contributed by atoms with Gasteiger partial charge in [0.2, 0.25) is 0 Å². The summed E-state index contributed by atoms with van der Waals surface area (Å²) in [6.07, 6.45) is -2.25. The van der Waals surface area contributed by atoms with Gasteiger partial charge in [-0.1, -0.05) is 30.3 Å². The summed E-state index contributed by atoms with van der Waals surface area (Å²) in [5.74, 6) is 0. The van der Waals surface area contributed by atoms with Crippen molar-refractivity contribution >= 4 is 6.03 Å². The molecule has 1 unspecified atom stereocenters. The summed E-state index contributed by atoms with van der Waals surface area (Å²) in [5.41, 5.74) is -0.862. The second-order valence-corrected chi connectivity index (χ2v) is 7.41. The molecule has 0 bridgehead atoms. The van der Waals surface area contributed by atoms with E-state index >= 15 is 0 Å². The molecule has 0 aliphatic carbocycles. The molecule has 1 aromatic carbocycles. The van der Waals surface area contributed by atoms with E-state index in [0.717, 1.165) is 11.1 Å². The van der Waals surface area contributed by atoms with Crippen molar-refractivity contribution in [1.29, 1.82) is 0 Å². The molecule has 6 nitrogen and oxygen atoms in total. The lowest BCUT2D eigenvalue weighted by molar-refractivity contribution is -0.273. The monoisotopic (exact) mass is 422 g/mol. The largest absolute Gasteiger partial charge is 0.417 e. The van der Waals surface area contributed by atoms with Crippen molar-refractivity contribution in [2.75, 3.05) is 19.6 Å². The van der Waals surface area contributed by atoms with E-state index in [-0.39, 0.29) is 31.7 Å². The van der Waals surface area contributed by atoms with E-state index in [4.69, 9.17) is 0 Å². The van der Waals surface area contributed by atoms with Crippen molar-refractivity contribution in [3.05, 3.63) is 66.0 Å². The Morgan fingerprint density at radius 3 is 2.33 bits per heavy atom. The van der Waals surface area contributed by atoms with Gasteiger partial charge in [0.1, 0.15) is 0 Å². The molecule has 9 heteroatoms. The van der Waals surface area contributed by atoms with Crippen molar-refractivity contribution in [2.24, 2.45) is 0 Å². The van der Waals surface area contributed by atoms with Crippen LogP contribution in [0.3, 0.4) is 0 Å². The fraction of sp³-hybridized carbons (Fsp3) is 0.429. The van der Waals surface area contributed by atoms with Crippen LogP contribution in [-0.4, -0.2) is 52.4 Å². The first kappa shape index (κ1) is 22.0. The lowest BCUT2D eigenvalue weighted by atomic mass is 9.89. The summed E-state index contributed by atoms with van der Waals surface area (Å²) in [7, 11) is 0. The summed E-state index contributed by atoms with van der Waals surface area (Å²) in [6.45, 7) is 0.719. The molecule has 3 N–H and O–H groups in total. The maximum absolute atomic E-state index is 13.1. The number of halogens is 3. The van der Waals surface area contributed by atoms with Gasteiger partial charge in [0.15, 0.2) is 5.60 Å². The number of aliphatic hydroxyl groups is 1. The number of aromatic nitrogens is 1. The average molecular weight is 422 g/mol. The van der Waals surface area contributed by atoms with E-state index < -0.39 is 24.6 Å². The van der Waals surface area contributed by atoms with Crippen LogP contribution in [-0.2, 0) is 6.54 Å². The van der Waals surface area contributed by atoms with Gasteiger partial charge in [-0.3, -0.25) is 9.88 Å². The molecule has 0 saturated carbocycles. The van der Waals surface area contributed by atoms with Crippen LogP contribution in [0.1, 0.15) is 30.0 Å². The third-order valence-corrected chi connectivity index (χ3v) is 5.44. The Kier molecular flexibility index (Phi) is 6.94. The van der Waals surface area contributed by atoms with Crippen LogP contribution in [0.25, 0.3) is 0 Å². The number of nitrogens with one attached hydrogen (secondary N) is 2. The predicted molar refractivity (Wildman–Crippen MR) is 105 cm³/mol. The van der Waals surface area contributed by atoms with Crippen molar-refractivity contribution in [3.63, 3.8) is 0 Å². The van der Waals surface area contributed by atoms with E-state index in [0.29, 0.717) is 6.54 Å². The molecule has 2 aromatic rings. The zero-order valence-corrected chi connectivity index (χ0v) is 16.4. The fourth-order valence-electron chi connectivity index (χ4n) is 3.56. The molecule has 2 heterocycles. The predicted octanol–water partition coefficient (Wildman–Crippen LogP) is 3.01. The number of carbonyl (C=O) groups excluding carboxylic acids is 1. The van der Waals surface area contributed by atoms with Crippen LogP contribution in [0.2, 0.25) is 0 Å². The standard InChI is InChI=1S/C21H25F3N4O2/c22-21(23,24)20(30)8-12-28(13-9-20)18(17-6-10-25-11-7-17)15-27-19(29)26-14-16-4-2-1-3-5-16/h1-7,10-11,18,30H,8-9,12-15H2,(H2,26,27,29). The highest BCUT2D eigenvalue weighted by Gasteiger charge is 2.54. The number of piperidine rings is 1. The topological polar surface area (TPSA) is 77.5 Å². The van der Waals surface area contributed by atoms with Crippen LogP contribution in [0.5, 0.6) is 0 Å². The molecule has 1 saturated heterocycles. The number of amides is 2. The highest BCUT2D eigenvalue weighted by Crippen LogP contribution is 2.39. The Morgan fingerprint density at radius 1 is 1.10 bits per heavy atom. The Hall–Kier alpha value is -2.65. The van der Waals surface area contributed by atoms with Gasteiger partial charge in [0.25, 0.3) is 0 Å². The maximum Gasteiger partial charge on any atom is 0.417 e.